The van der Waals surface area contributed by atoms with E-state index in [-0.39, 0.29) is 63.9 Å². The van der Waals surface area contributed by atoms with E-state index in [4.69, 9.17) is 14.6 Å². The molecule has 5 rings (SSSR count). The molecule has 5 aliphatic carbocycles. The van der Waals surface area contributed by atoms with Crippen LogP contribution >= 0.6 is 0 Å². The molecule has 0 heterocycles. The van der Waals surface area contributed by atoms with E-state index in [1.807, 2.05) is 0 Å². The van der Waals surface area contributed by atoms with E-state index in [0.717, 1.165) is 64.2 Å². The summed E-state index contributed by atoms with van der Waals surface area (Å²) in [6, 6.07) is 0. The monoisotopic (exact) mass is 628 g/mol. The zero-order chi connectivity index (χ0) is 33.2. The fraction of sp³-hybridized carbons (Fsp3) is 0.838. The lowest BCUT2D eigenvalue weighted by atomic mass is 9.33. The van der Waals surface area contributed by atoms with Crippen molar-refractivity contribution in [2.24, 2.45) is 50.2 Å². The van der Waals surface area contributed by atoms with Crippen LogP contribution in [0.2, 0.25) is 0 Å². The van der Waals surface area contributed by atoms with Gasteiger partial charge in [-0.05, 0) is 110 Å². The van der Waals surface area contributed by atoms with Crippen molar-refractivity contribution >= 4 is 23.9 Å². The largest absolute Gasteiger partial charge is 0.481 e. The van der Waals surface area contributed by atoms with E-state index in [9.17, 15) is 24.3 Å². The Bertz CT molecular complexity index is 1260. The zero-order valence-corrected chi connectivity index (χ0v) is 28.6. The number of carbonyl (C=O) groups excluding carboxylic acids is 2. The Hall–Kier alpha value is -2.38. The summed E-state index contributed by atoms with van der Waals surface area (Å²) < 4.78 is 11.5. The molecule has 5 aliphatic rings. The van der Waals surface area contributed by atoms with E-state index in [2.05, 4.69) is 54.5 Å². The lowest BCUT2D eigenvalue weighted by Crippen LogP contribution is -2.65. The molecule has 2 N–H and O–H groups in total. The quantitative estimate of drug-likeness (QED) is 0.208. The lowest BCUT2D eigenvalue weighted by Gasteiger charge is -2.71. The Morgan fingerprint density at radius 1 is 0.822 bits per heavy atom. The van der Waals surface area contributed by atoms with Crippen LogP contribution < -0.4 is 0 Å². The first kappa shape index (κ1) is 34.0. The van der Waals surface area contributed by atoms with E-state index in [1.54, 1.807) is 0 Å². The van der Waals surface area contributed by atoms with Crippen LogP contribution in [0.1, 0.15) is 132 Å². The van der Waals surface area contributed by atoms with Crippen LogP contribution in [0.15, 0.2) is 11.6 Å². The van der Waals surface area contributed by atoms with Gasteiger partial charge in [0.1, 0.15) is 6.10 Å². The third-order valence-electron chi connectivity index (χ3n) is 14.4. The molecule has 0 bridgehead atoms. The highest BCUT2D eigenvalue weighted by atomic mass is 16.6. The van der Waals surface area contributed by atoms with Crippen LogP contribution in [-0.2, 0) is 28.7 Å². The van der Waals surface area contributed by atoms with Gasteiger partial charge in [-0.25, -0.2) is 4.79 Å². The number of rotatable bonds is 8. The Morgan fingerprint density at radius 2 is 1.51 bits per heavy atom. The molecule has 0 aromatic rings. The van der Waals surface area contributed by atoms with Gasteiger partial charge in [0, 0.05) is 18.3 Å². The van der Waals surface area contributed by atoms with Crippen molar-refractivity contribution in [2.45, 2.75) is 138 Å². The number of carboxylic acids is 2. The Balaban J connectivity index is 1.43. The van der Waals surface area contributed by atoms with Gasteiger partial charge in [-0.15, -0.1) is 0 Å². The molecule has 8 heteroatoms. The van der Waals surface area contributed by atoms with E-state index >= 15 is 0 Å². The number of fused-ring (bicyclic) bond motifs is 7. The minimum atomic E-state index is -1.11. The molecule has 0 unspecified atom stereocenters. The fourth-order valence-corrected chi connectivity index (χ4v) is 11.7. The molecule has 0 aliphatic heterocycles. The smallest absolute Gasteiger partial charge is 0.341 e. The number of aliphatic carboxylic acids is 2. The molecule has 4 saturated carbocycles. The number of esters is 2. The maximum atomic E-state index is 13.7. The second kappa shape index (κ2) is 11.4. The van der Waals surface area contributed by atoms with Gasteiger partial charge in [0.2, 0.25) is 0 Å². The summed E-state index contributed by atoms with van der Waals surface area (Å²) in [6.45, 7) is 16.0. The van der Waals surface area contributed by atoms with Gasteiger partial charge in [-0.3, -0.25) is 14.4 Å². The van der Waals surface area contributed by atoms with Crippen molar-refractivity contribution in [3.8, 4) is 0 Å². The van der Waals surface area contributed by atoms with Crippen molar-refractivity contribution in [3.05, 3.63) is 11.6 Å². The fourth-order valence-electron chi connectivity index (χ4n) is 11.7. The van der Waals surface area contributed by atoms with Crippen LogP contribution in [0.25, 0.3) is 0 Å². The molecule has 0 aromatic carbocycles. The Kier molecular flexibility index (Phi) is 8.60. The number of hydrogen-bond donors (Lipinski definition) is 2. The van der Waals surface area contributed by atoms with Crippen LogP contribution in [0.5, 0.6) is 0 Å². The summed E-state index contributed by atoms with van der Waals surface area (Å²) in [5.74, 6) is -1.74. The predicted molar refractivity (Wildman–Crippen MR) is 169 cm³/mol. The molecule has 8 nitrogen and oxygen atoms in total. The summed E-state index contributed by atoms with van der Waals surface area (Å²) in [5.41, 5.74) is 0.676. The number of carboxylic acid groups (broad SMARTS) is 2. The van der Waals surface area contributed by atoms with E-state index in [1.165, 1.54) is 5.57 Å². The molecule has 45 heavy (non-hydrogen) atoms. The zero-order valence-electron chi connectivity index (χ0n) is 28.6. The number of ether oxygens (including phenoxy) is 2. The third-order valence-corrected chi connectivity index (χ3v) is 14.4. The molecule has 0 saturated heterocycles. The number of carbonyl (C=O) groups is 4. The van der Waals surface area contributed by atoms with Crippen LogP contribution in [-0.4, -0.2) is 46.8 Å². The summed E-state index contributed by atoms with van der Waals surface area (Å²) in [6.07, 6.45) is 11.8. The second-order valence-corrected chi connectivity index (χ2v) is 17.4. The number of hydrogen-bond acceptors (Lipinski definition) is 6. The first-order valence-electron chi connectivity index (χ1n) is 17.3. The maximum Gasteiger partial charge on any atom is 0.341 e. The highest BCUT2D eigenvalue weighted by Crippen LogP contribution is 2.76. The van der Waals surface area contributed by atoms with Crippen LogP contribution in [0, 0.1) is 50.2 Å². The minimum Gasteiger partial charge on any atom is -0.481 e. The first-order valence-corrected chi connectivity index (χ1v) is 17.3. The SMILES string of the molecule is CC1(C)CC[C@]2(C(=O)OCC(=O)O)CC[C@]3(C)C(=CC[C@@H]4[C@@]5(C)CC[C@H](OC(=O)CCCC(=O)O)C(C)(C)[C@@H]5CC[C@]43C)[C@@H]2C1. The molecule has 252 valence electrons. The van der Waals surface area contributed by atoms with E-state index < -0.39 is 24.0 Å². The highest BCUT2D eigenvalue weighted by molar-refractivity contribution is 5.81. The standard InChI is InChI=1S/C37H56O8/c1-32(2)17-19-37(31(43)44-22-29(40)41)20-18-35(6)23(24(37)21-32)11-12-26-34(5)15-14-27(45-30(42)10-8-9-28(38)39)33(3,4)25(34)13-16-36(26,35)7/h11,24-27H,8-10,12-22H2,1-7H3,(H,38,39)(H,40,41)/t24-,25-,26+,27-,34-,35+,36+,37-/m0/s1. The van der Waals surface area contributed by atoms with Crippen LogP contribution in [0.3, 0.4) is 0 Å². The highest BCUT2D eigenvalue weighted by Gasteiger charge is 2.69. The molecular formula is C37H56O8. The summed E-state index contributed by atoms with van der Waals surface area (Å²) in [5, 5.41) is 18.2. The Morgan fingerprint density at radius 3 is 2.18 bits per heavy atom. The van der Waals surface area contributed by atoms with E-state index in [0.29, 0.717) is 18.3 Å². The van der Waals surface area contributed by atoms with Gasteiger partial charge in [0.25, 0.3) is 0 Å². The molecule has 0 spiro atoms. The topological polar surface area (TPSA) is 127 Å². The first-order chi connectivity index (χ1) is 20.8. The summed E-state index contributed by atoms with van der Waals surface area (Å²) in [7, 11) is 0. The van der Waals surface area contributed by atoms with Crippen molar-refractivity contribution in [3.63, 3.8) is 0 Å². The van der Waals surface area contributed by atoms with Gasteiger partial charge < -0.3 is 19.7 Å². The molecule has 4 fully saturated rings. The molecular weight excluding hydrogens is 572 g/mol. The van der Waals surface area contributed by atoms with Crippen LogP contribution in [0.4, 0.5) is 0 Å². The third kappa shape index (κ3) is 5.44. The lowest BCUT2D eigenvalue weighted by molar-refractivity contribution is -0.214. The second-order valence-electron chi connectivity index (χ2n) is 17.4. The number of allylic oxidation sites excluding steroid dienone is 2. The van der Waals surface area contributed by atoms with Gasteiger partial charge >= 0.3 is 23.9 Å². The van der Waals surface area contributed by atoms with Crippen molar-refractivity contribution in [1.29, 1.82) is 0 Å². The molecule has 0 aromatic heterocycles. The Labute approximate surface area is 269 Å². The minimum absolute atomic E-state index is 0.0264. The van der Waals surface area contributed by atoms with Gasteiger partial charge in [-0.2, -0.15) is 0 Å². The molecule has 8 atom stereocenters. The summed E-state index contributed by atoms with van der Waals surface area (Å²) >= 11 is 0. The van der Waals surface area contributed by atoms with Crippen molar-refractivity contribution < 1.29 is 38.9 Å². The predicted octanol–water partition coefficient (Wildman–Crippen LogP) is 7.58. The van der Waals surface area contributed by atoms with Gasteiger partial charge in [-0.1, -0.05) is 60.1 Å². The normalized spacial score (nSPS) is 41.2. The van der Waals surface area contributed by atoms with Crippen molar-refractivity contribution in [1.82, 2.24) is 0 Å². The summed E-state index contributed by atoms with van der Waals surface area (Å²) in [4.78, 5) is 48.7. The molecule has 0 radical (unpaired) electrons. The average Bonchev–Trinajstić information content (AvgIpc) is 2.93. The average molecular weight is 629 g/mol. The molecule has 0 amide bonds. The van der Waals surface area contributed by atoms with Gasteiger partial charge in [0.05, 0.1) is 5.41 Å². The van der Waals surface area contributed by atoms with Gasteiger partial charge in [0.15, 0.2) is 6.61 Å². The maximum absolute atomic E-state index is 13.7. The van der Waals surface area contributed by atoms with Crippen molar-refractivity contribution in [2.75, 3.05) is 6.61 Å².